The summed E-state index contributed by atoms with van der Waals surface area (Å²) in [6.07, 6.45) is 5.92. The van der Waals surface area contributed by atoms with Crippen LogP contribution >= 0.6 is 0 Å². The van der Waals surface area contributed by atoms with E-state index < -0.39 is 5.41 Å². The number of ether oxygens (including phenoxy) is 1. The molecule has 0 unspecified atom stereocenters. The molecule has 0 bridgehead atoms. The Balaban J connectivity index is 0.00000368. The Bertz CT molecular complexity index is 1660. The third kappa shape index (κ3) is 6.17. The predicted octanol–water partition coefficient (Wildman–Crippen LogP) is 8.49. The quantitative estimate of drug-likeness (QED) is 0.124. The van der Waals surface area contributed by atoms with Gasteiger partial charge in [-0.1, -0.05) is 81.4 Å². The van der Waals surface area contributed by atoms with E-state index in [0.717, 1.165) is 28.1 Å². The molecule has 6 rings (SSSR count). The van der Waals surface area contributed by atoms with Gasteiger partial charge in [0.05, 0.1) is 11.1 Å². The van der Waals surface area contributed by atoms with Crippen LogP contribution in [0.1, 0.15) is 48.7 Å². The van der Waals surface area contributed by atoms with Gasteiger partial charge in [-0.2, -0.15) is 24.9 Å². The standard InChI is InChI=1S/C38H34N3O.Pt/c1-37(2,3)31-21-22-39-36(26-31)38(29-13-7-5-8-14-29,30-15-9-6-10-16-30)32-17-11-19-34(25-32)42-35-20-12-18-33(27-35)41-24-23-40(4)28-41;/h5-24,26,28H,1-4H3;/q-3;. The summed E-state index contributed by atoms with van der Waals surface area (Å²) < 4.78 is 6.42. The molecular weight excluding hydrogens is 710 g/mol. The molecule has 0 saturated heterocycles. The summed E-state index contributed by atoms with van der Waals surface area (Å²) in [5.41, 5.74) is 5.46. The van der Waals surface area contributed by atoms with Crippen LogP contribution in [-0.2, 0) is 31.9 Å². The van der Waals surface area contributed by atoms with E-state index in [9.17, 15) is 0 Å². The average Bonchev–Trinajstić information content (AvgIpc) is 3.45. The third-order valence-corrected chi connectivity index (χ3v) is 7.62. The maximum absolute atomic E-state index is 6.42. The number of aromatic nitrogens is 1. The minimum atomic E-state index is -0.728. The SMILES string of the molecule is CN1C=CN(c2[c-]c(Oc3[c-]c(C(c4ccccc4)(c4ccccc4)c4cc(C(C)(C)C)ccn4)ccc3)ccc2)[CH-]1.[Pt]. The van der Waals surface area contributed by atoms with Crippen molar-refractivity contribution >= 4 is 5.69 Å². The van der Waals surface area contributed by atoms with Gasteiger partial charge < -0.3 is 14.5 Å². The van der Waals surface area contributed by atoms with Crippen molar-refractivity contribution in [2.45, 2.75) is 31.6 Å². The van der Waals surface area contributed by atoms with Crippen molar-refractivity contribution < 1.29 is 25.8 Å². The van der Waals surface area contributed by atoms with Crippen molar-refractivity contribution in [2.75, 3.05) is 11.9 Å². The van der Waals surface area contributed by atoms with Crippen LogP contribution in [0.15, 0.2) is 128 Å². The summed E-state index contributed by atoms with van der Waals surface area (Å²) in [7, 11) is 2.00. The molecule has 220 valence electrons. The number of pyridine rings is 1. The van der Waals surface area contributed by atoms with Crippen LogP contribution in [0.5, 0.6) is 11.5 Å². The van der Waals surface area contributed by atoms with Crippen molar-refractivity contribution in [3.05, 3.63) is 175 Å². The van der Waals surface area contributed by atoms with Crippen molar-refractivity contribution in [3.63, 3.8) is 0 Å². The molecule has 0 spiro atoms. The van der Waals surface area contributed by atoms with Crippen LogP contribution < -0.4 is 9.64 Å². The van der Waals surface area contributed by atoms with Crippen molar-refractivity contribution in [2.24, 2.45) is 0 Å². The maximum atomic E-state index is 6.42. The number of rotatable bonds is 7. The summed E-state index contributed by atoms with van der Waals surface area (Å²) in [4.78, 5) is 9.05. The Morgan fingerprint density at radius 1 is 0.698 bits per heavy atom. The fraction of sp³-hybridized carbons (Fsp3) is 0.158. The molecule has 4 nitrogen and oxygen atoms in total. The molecule has 0 radical (unpaired) electrons. The van der Waals surface area contributed by atoms with Crippen LogP contribution in [0, 0.1) is 18.8 Å². The van der Waals surface area contributed by atoms with E-state index in [1.165, 1.54) is 5.56 Å². The van der Waals surface area contributed by atoms with Crippen LogP contribution in [0.2, 0.25) is 0 Å². The summed E-state index contributed by atoms with van der Waals surface area (Å²) in [5, 5.41) is 0. The Morgan fingerprint density at radius 2 is 1.33 bits per heavy atom. The van der Waals surface area contributed by atoms with Gasteiger partial charge in [0.25, 0.3) is 0 Å². The molecule has 0 N–H and O–H groups in total. The van der Waals surface area contributed by atoms with E-state index in [2.05, 4.69) is 112 Å². The zero-order valence-electron chi connectivity index (χ0n) is 24.8. The Morgan fingerprint density at radius 3 is 1.93 bits per heavy atom. The second-order valence-electron chi connectivity index (χ2n) is 11.6. The first-order valence-corrected chi connectivity index (χ1v) is 14.2. The van der Waals surface area contributed by atoms with Gasteiger partial charge in [-0.25, -0.2) is 0 Å². The van der Waals surface area contributed by atoms with Gasteiger partial charge in [-0.05, 0) is 53.7 Å². The molecule has 0 fully saturated rings. The Hall–Kier alpha value is -4.14. The number of hydrogen-bond donors (Lipinski definition) is 0. The minimum absolute atomic E-state index is 0. The topological polar surface area (TPSA) is 28.6 Å². The number of anilines is 1. The van der Waals surface area contributed by atoms with Gasteiger partial charge in [-0.15, -0.1) is 41.6 Å². The normalized spacial score (nSPS) is 13.1. The first-order chi connectivity index (χ1) is 20.3. The molecular formula is C38H34N3OPt-3. The van der Waals surface area contributed by atoms with E-state index in [1.54, 1.807) is 0 Å². The van der Waals surface area contributed by atoms with Gasteiger partial charge >= 0.3 is 0 Å². The molecule has 0 atom stereocenters. The minimum Gasteiger partial charge on any atom is -0.510 e. The molecule has 1 aromatic heterocycles. The van der Waals surface area contributed by atoms with Gasteiger partial charge in [0, 0.05) is 38.8 Å². The van der Waals surface area contributed by atoms with E-state index >= 15 is 0 Å². The second-order valence-corrected chi connectivity index (χ2v) is 11.6. The van der Waals surface area contributed by atoms with E-state index in [0.29, 0.717) is 11.5 Å². The van der Waals surface area contributed by atoms with Crippen LogP contribution in [0.3, 0.4) is 0 Å². The largest absolute Gasteiger partial charge is 0.510 e. The second kappa shape index (κ2) is 12.6. The van der Waals surface area contributed by atoms with Crippen LogP contribution in [-0.4, -0.2) is 16.9 Å². The van der Waals surface area contributed by atoms with Crippen molar-refractivity contribution in [1.29, 1.82) is 0 Å². The van der Waals surface area contributed by atoms with Gasteiger partial charge in [0.15, 0.2) is 0 Å². The molecule has 4 aromatic carbocycles. The fourth-order valence-electron chi connectivity index (χ4n) is 5.47. The molecule has 1 aliphatic heterocycles. The summed E-state index contributed by atoms with van der Waals surface area (Å²) in [5.74, 6) is 1.23. The summed E-state index contributed by atoms with van der Waals surface area (Å²) >= 11 is 0. The summed E-state index contributed by atoms with van der Waals surface area (Å²) in [6, 6.07) is 44.6. The van der Waals surface area contributed by atoms with Crippen molar-refractivity contribution in [1.82, 2.24) is 9.88 Å². The van der Waals surface area contributed by atoms with E-state index in [-0.39, 0.29) is 26.5 Å². The third-order valence-electron chi connectivity index (χ3n) is 7.62. The van der Waals surface area contributed by atoms with Gasteiger partial charge in [0.1, 0.15) is 0 Å². The van der Waals surface area contributed by atoms with E-state index in [1.807, 2.05) is 72.4 Å². The Labute approximate surface area is 269 Å². The van der Waals surface area contributed by atoms with E-state index in [4.69, 9.17) is 9.72 Å². The molecule has 5 heteroatoms. The zero-order valence-corrected chi connectivity index (χ0v) is 27.0. The monoisotopic (exact) mass is 743 g/mol. The molecule has 0 saturated carbocycles. The van der Waals surface area contributed by atoms with Gasteiger partial charge in [-0.3, -0.25) is 4.98 Å². The first kappa shape index (κ1) is 30.3. The molecule has 0 aliphatic carbocycles. The molecule has 43 heavy (non-hydrogen) atoms. The Kier molecular flexibility index (Phi) is 8.89. The van der Waals surface area contributed by atoms with Gasteiger partial charge in [0.2, 0.25) is 0 Å². The molecule has 0 amide bonds. The molecule has 2 heterocycles. The fourth-order valence-corrected chi connectivity index (χ4v) is 5.47. The zero-order chi connectivity index (χ0) is 29.2. The van der Waals surface area contributed by atoms with Crippen LogP contribution in [0.25, 0.3) is 0 Å². The average molecular weight is 744 g/mol. The number of benzene rings is 4. The first-order valence-electron chi connectivity index (χ1n) is 14.2. The van der Waals surface area contributed by atoms with Crippen molar-refractivity contribution in [3.8, 4) is 11.5 Å². The number of nitrogens with zero attached hydrogens (tertiary/aromatic N) is 3. The molecule has 5 aromatic rings. The number of hydrogen-bond acceptors (Lipinski definition) is 4. The smallest absolute Gasteiger partial charge is 0.0651 e. The van der Waals surface area contributed by atoms with Crippen LogP contribution in [0.4, 0.5) is 5.69 Å². The predicted molar refractivity (Wildman–Crippen MR) is 169 cm³/mol. The molecule has 1 aliphatic rings. The maximum Gasteiger partial charge on any atom is 0.0651 e. The summed E-state index contributed by atoms with van der Waals surface area (Å²) in [6.45, 7) is 8.70.